The Bertz CT molecular complexity index is 595. The quantitative estimate of drug-likeness (QED) is 0.278. The summed E-state index contributed by atoms with van der Waals surface area (Å²) in [6.07, 6.45) is 7.05. The number of rotatable bonds is 12. The van der Waals surface area contributed by atoms with Gasteiger partial charge in [-0.2, -0.15) is 13.2 Å². The topological polar surface area (TPSA) is 32.3 Å². The number of alkyl halides is 3. The third-order valence-corrected chi connectivity index (χ3v) is 4.57. The summed E-state index contributed by atoms with van der Waals surface area (Å²) in [7, 11) is 0. The van der Waals surface area contributed by atoms with Gasteiger partial charge in [0.25, 0.3) is 0 Å². The van der Waals surface area contributed by atoms with Crippen LogP contribution in [0.4, 0.5) is 13.2 Å². The van der Waals surface area contributed by atoms with Gasteiger partial charge >= 0.3 is 6.18 Å². The van der Waals surface area contributed by atoms with Gasteiger partial charge in [0, 0.05) is 5.41 Å². The smallest absolute Gasteiger partial charge is 0.378 e. The molecule has 150 valence electrons. The van der Waals surface area contributed by atoms with Crippen molar-refractivity contribution < 1.29 is 18.3 Å². The van der Waals surface area contributed by atoms with Crippen LogP contribution < -0.4 is 5.32 Å². The van der Waals surface area contributed by atoms with Gasteiger partial charge in [0.15, 0.2) is 0 Å². The van der Waals surface area contributed by atoms with Gasteiger partial charge in [-0.15, -0.1) is 0 Å². The van der Waals surface area contributed by atoms with E-state index >= 15 is 0 Å². The van der Waals surface area contributed by atoms with Gasteiger partial charge in [0.2, 0.25) is 0 Å². The number of hydrogen-bond donors (Lipinski definition) is 2. The van der Waals surface area contributed by atoms with Gasteiger partial charge in [-0.05, 0) is 18.4 Å². The van der Waals surface area contributed by atoms with Crippen LogP contribution in [-0.2, 0) is 5.41 Å². The zero-order chi connectivity index (χ0) is 20.2. The molecule has 2 atom stereocenters. The molecule has 2 N–H and O–H groups in total. The summed E-state index contributed by atoms with van der Waals surface area (Å²) >= 11 is 0. The monoisotopic (exact) mass is 381 g/mol. The van der Waals surface area contributed by atoms with Crippen LogP contribution in [0.15, 0.2) is 67.3 Å². The van der Waals surface area contributed by atoms with Crippen LogP contribution in [0.1, 0.15) is 44.6 Å². The van der Waals surface area contributed by atoms with Crippen LogP contribution in [0.25, 0.3) is 0 Å². The molecule has 0 bridgehead atoms. The van der Waals surface area contributed by atoms with E-state index in [-0.39, 0.29) is 0 Å². The fourth-order valence-electron chi connectivity index (χ4n) is 3.14. The van der Waals surface area contributed by atoms with E-state index in [0.29, 0.717) is 12.8 Å². The van der Waals surface area contributed by atoms with Gasteiger partial charge in [0.05, 0.1) is 6.54 Å². The van der Waals surface area contributed by atoms with Gasteiger partial charge in [-0.1, -0.05) is 93.5 Å². The number of nitrogens with one attached hydrogen (secondary N) is 1. The molecule has 0 saturated carbocycles. The lowest BCUT2D eigenvalue weighted by molar-refractivity contribution is -0.134. The second kappa shape index (κ2) is 11.8. The Balaban J connectivity index is 3.18. The van der Waals surface area contributed by atoms with Gasteiger partial charge in [0.1, 0.15) is 6.23 Å². The molecular weight excluding hydrogens is 351 g/mol. The average molecular weight is 381 g/mol. The minimum absolute atomic E-state index is 0.425. The van der Waals surface area contributed by atoms with Crippen LogP contribution in [0.2, 0.25) is 0 Å². The van der Waals surface area contributed by atoms with E-state index in [4.69, 9.17) is 0 Å². The van der Waals surface area contributed by atoms with Crippen LogP contribution in [0.5, 0.6) is 0 Å². The van der Waals surface area contributed by atoms with E-state index < -0.39 is 24.4 Å². The molecule has 0 amide bonds. The number of benzene rings is 1. The molecule has 0 aliphatic heterocycles. The largest absolute Gasteiger partial charge is 0.401 e. The Morgan fingerprint density at radius 2 is 1.81 bits per heavy atom. The Labute approximate surface area is 160 Å². The molecule has 27 heavy (non-hydrogen) atoms. The molecule has 0 aliphatic carbocycles. The van der Waals surface area contributed by atoms with E-state index in [2.05, 4.69) is 18.8 Å². The summed E-state index contributed by atoms with van der Waals surface area (Å²) in [5.41, 5.74) is 0.000779. The van der Waals surface area contributed by atoms with Crippen molar-refractivity contribution in [2.24, 2.45) is 0 Å². The molecule has 0 radical (unpaired) electrons. The Morgan fingerprint density at radius 3 is 2.41 bits per heavy atom. The maximum absolute atomic E-state index is 12.7. The first-order valence-corrected chi connectivity index (χ1v) is 9.33. The maximum Gasteiger partial charge on any atom is 0.401 e. The number of aliphatic hydroxyl groups is 1. The third kappa shape index (κ3) is 8.14. The summed E-state index contributed by atoms with van der Waals surface area (Å²) in [4.78, 5) is 0. The number of aliphatic hydroxyl groups excluding tert-OH is 1. The van der Waals surface area contributed by atoms with Crippen molar-refractivity contribution in [2.45, 2.75) is 56.8 Å². The average Bonchev–Trinajstić information content (AvgIpc) is 2.65. The van der Waals surface area contributed by atoms with Crippen LogP contribution in [-0.4, -0.2) is 24.1 Å². The van der Waals surface area contributed by atoms with Crippen LogP contribution in [0, 0.1) is 0 Å². The van der Waals surface area contributed by atoms with Gasteiger partial charge < -0.3 is 5.11 Å². The first kappa shape index (κ1) is 23.2. The fourth-order valence-corrected chi connectivity index (χ4v) is 3.14. The highest BCUT2D eigenvalue weighted by atomic mass is 19.4. The fraction of sp³-hybridized carbons (Fsp3) is 0.455. The number of unbranched alkanes of at least 4 members (excludes halogenated alkanes) is 2. The van der Waals surface area contributed by atoms with Crippen LogP contribution in [0.3, 0.4) is 0 Å². The number of hydrogen-bond acceptors (Lipinski definition) is 2. The highest BCUT2D eigenvalue weighted by molar-refractivity contribution is 5.28. The van der Waals surface area contributed by atoms with Crippen molar-refractivity contribution in [3.63, 3.8) is 0 Å². The molecule has 5 heteroatoms. The predicted molar refractivity (Wildman–Crippen MR) is 105 cm³/mol. The number of allylic oxidation sites excluding steroid dienone is 5. The third-order valence-electron chi connectivity index (χ3n) is 4.57. The van der Waals surface area contributed by atoms with E-state index in [9.17, 15) is 18.3 Å². The molecule has 0 saturated heterocycles. The summed E-state index contributed by atoms with van der Waals surface area (Å²) in [5, 5.41) is 13.1. The maximum atomic E-state index is 12.7. The Kier molecular flexibility index (Phi) is 10.1. The van der Waals surface area contributed by atoms with Crippen molar-refractivity contribution in [3.05, 3.63) is 72.9 Å². The molecule has 0 aromatic heterocycles. The van der Waals surface area contributed by atoms with Crippen molar-refractivity contribution in [1.29, 1.82) is 0 Å². The zero-order valence-corrected chi connectivity index (χ0v) is 15.9. The van der Waals surface area contributed by atoms with E-state index in [1.54, 1.807) is 12.2 Å². The van der Waals surface area contributed by atoms with Gasteiger partial charge in [-0.25, -0.2) is 0 Å². The van der Waals surface area contributed by atoms with Crippen molar-refractivity contribution >= 4 is 0 Å². The highest BCUT2D eigenvalue weighted by Crippen LogP contribution is 2.37. The predicted octanol–water partition coefficient (Wildman–Crippen LogP) is 5.66. The minimum Gasteiger partial charge on any atom is -0.378 e. The van der Waals surface area contributed by atoms with Crippen molar-refractivity contribution in [2.75, 3.05) is 6.54 Å². The molecule has 1 rings (SSSR count). The standard InChI is InChI=1S/C22H30F3NO/c1-3-5-7-8-13-17-21(16-12-6-4-2,19-14-10-9-11-15-19)20(27)26-18-22(23,24)25/h3,5,7-11,13-15,20,26-27H,1,4,6,12,16-18H2,2H3/b7-5-,13-8-. The van der Waals surface area contributed by atoms with E-state index in [1.807, 2.05) is 48.6 Å². The molecule has 2 nitrogen and oxygen atoms in total. The lowest BCUT2D eigenvalue weighted by Crippen LogP contribution is -2.51. The summed E-state index contributed by atoms with van der Waals surface area (Å²) in [6, 6.07) is 9.30. The van der Waals surface area contributed by atoms with Crippen molar-refractivity contribution in [3.8, 4) is 0 Å². The highest BCUT2D eigenvalue weighted by Gasteiger charge is 2.40. The normalized spacial score (nSPS) is 15.9. The Morgan fingerprint density at radius 1 is 1.11 bits per heavy atom. The number of halogens is 3. The molecule has 1 aromatic rings. The summed E-state index contributed by atoms with van der Waals surface area (Å²) < 4.78 is 38.1. The lowest BCUT2D eigenvalue weighted by atomic mass is 9.72. The summed E-state index contributed by atoms with van der Waals surface area (Å²) in [5.74, 6) is 0. The second-order valence-corrected chi connectivity index (χ2v) is 6.63. The SMILES string of the molecule is C=C/C=C\C=C/CC(CCCCC)(c1ccccc1)C(O)NCC(F)(F)F. The molecule has 0 spiro atoms. The molecule has 1 aromatic carbocycles. The van der Waals surface area contributed by atoms with Crippen molar-refractivity contribution in [1.82, 2.24) is 5.32 Å². The van der Waals surface area contributed by atoms with Crippen LogP contribution >= 0.6 is 0 Å². The first-order chi connectivity index (χ1) is 12.9. The van der Waals surface area contributed by atoms with Gasteiger partial charge in [-0.3, -0.25) is 5.32 Å². The molecule has 0 fully saturated rings. The first-order valence-electron chi connectivity index (χ1n) is 9.33. The molecular formula is C22H30F3NO. The lowest BCUT2D eigenvalue weighted by Gasteiger charge is -2.39. The molecule has 0 aliphatic rings. The van der Waals surface area contributed by atoms with E-state index in [0.717, 1.165) is 24.8 Å². The molecule has 2 unspecified atom stereocenters. The minimum atomic E-state index is -4.38. The van der Waals surface area contributed by atoms with E-state index in [1.165, 1.54) is 0 Å². The Hall–Kier alpha value is -1.85. The second-order valence-electron chi connectivity index (χ2n) is 6.63. The zero-order valence-electron chi connectivity index (χ0n) is 15.9. The molecule has 0 heterocycles. The summed E-state index contributed by atoms with van der Waals surface area (Å²) in [6.45, 7) is 4.45.